The van der Waals surface area contributed by atoms with Gasteiger partial charge in [0.15, 0.2) is 5.96 Å². The van der Waals surface area contributed by atoms with Crippen LogP contribution in [0, 0.1) is 0 Å². The summed E-state index contributed by atoms with van der Waals surface area (Å²) in [7, 11) is 1.77. The first kappa shape index (κ1) is 24.4. The van der Waals surface area contributed by atoms with Crippen molar-refractivity contribution in [2.75, 3.05) is 33.2 Å². The van der Waals surface area contributed by atoms with Crippen molar-refractivity contribution in [2.45, 2.75) is 71.4 Å². The van der Waals surface area contributed by atoms with Crippen LogP contribution < -0.4 is 16.0 Å². The number of likely N-dealkylation sites (tertiary alicyclic amines) is 1. The summed E-state index contributed by atoms with van der Waals surface area (Å²) < 4.78 is 0. The van der Waals surface area contributed by atoms with Gasteiger partial charge in [-0.1, -0.05) is 20.3 Å². The maximum absolute atomic E-state index is 11.8. The van der Waals surface area contributed by atoms with Gasteiger partial charge in [0.05, 0.1) is 0 Å². The number of aliphatic imine (C=N–C) groups is 1. The molecular weight excluding hydrogens is 429 g/mol. The van der Waals surface area contributed by atoms with Gasteiger partial charge in [0.1, 0.15) is 0 Å². The molecule has 148 valence electrons. The standard InChI is InChI=1S/C18H37N5O.HI/c1-5-15(3)22-17(24)10-11-20-18(19-4)21-12-14-23-13-8-7-9-16(23)6-2;/h15-16H,5-14H2,1-4H3,(H,22,24)(H2,19,20,21);1H. The number of nitrogens with one attached hydrogen (secondary N) is 3. The predicted octanol–water partition coefficient (Wildman–Crippen LogP) is 2.34. The lowest BCUT2D eigenvalue weighted by atomic mass is 10.0. The molecule has 3 N–H and O–H groups in total. The van der Waals surface area contributed by atoms with Crippen molar-refractivity contribution >= 4 is 35.8 Å². The Balaban J connectivity index is 0.00000576. The van der Waals surface area contributed by atoms with Crippen molar-refractivity contribution in [3.63, 3.8) is 0 Å². The van der Waals surface area contributed by atoms with Crippen LogP contribution in [0.2, 0.25) is 0 Å². The number of rotatable bonds is 9. The number of hydrogen-bond acceptors (Lipinski definition) is 3. The summed E-state index contributed by atoms with van der Waals surface area (Å²) in [5.41, 5.74) is 0. The second-order valence-electron chi connectivity index (χ2n) is 6.65. The Morgan fingerprint density at radius 3 is 2.60 bits per heavy atom. The van der Waals surface area contributed by atoms with Gasteiger partial charge in [0.25, 0.3) is 0 Å². The number of amides is 1. The van der Waals surface area contributed by atoms with E-state index in [4.69, 9.17) is 0 Å². The number of hydrogen-bond donors (Lipinski definition) is 3. The van der Waals surface area contributed by atoms with E-state index < -0.39 is 0 Å². The van der Waals surface area contributed by atoms with E-state index >= 15 is 0 Å². The third kappa shape index (κ3) is 10.2. The third-order valence-corrected chi connectivity index (χ3v) is 4.80. The summed E-state index contributed by atoms with van der Waals surface area (Å²) in [5, 5.41) is 9.54. The quantitative estimate of drug-likeness (QED) is 0.277. The minimum Gasteiger partial charge on any atom is -0.356 e. The molecule has 2 atom stereocenters. The van der Waals surface area contributed by atoms with Crippen LogP contribution in [0.5, 0.6) is 0 Å². The molecule has 1 fully saturated rings. The molecule has 6 nitrogen and oxygen atoms in total. The first-order chi connectivity index (χ1) is 11.6. The van der Waals surface area contributed by atoms with E-state index in [1.807, 2.05) is 6.92 Å². The Kier molecular flexibility index (Phi) is 14.3. The molecule has 1 amide bonds. The molecule has 0 aromatic carbocycles. The molecule has 1 rings (SSSR count). The highest BCUT2D eigenvalue weighted by Crippen LogP contribution is 2.18. The van der Waals surface area contributed by atoms with Crippen LogP contribution in [-0.4, -0.2) is 62.1 Å². The second kappa shape index (κ2) is 14.6. The van der Waals surface area contributed by atoms with Crippen molar-refractivity contribution in [3.8, 4) is 0 Å². The summed E-state index contributed by atoms with van der Waals surface area (Å²) in [4.78, 5) is 18.6. The Morgan fingerprint density at radius 2 is 1.96 bits per heavy atom. The number of nitrogens with zero attached hydrogens (tertiary/aromatic N) is 2. The fourth-order valence-electron chi connectivity index (χ4n) is 3.10. The van der Waals surface area contributed by atoms with Gasteiger partial charge in [-0.2, -0.15) is 0 Å². The average molecular weight is 467 g/mol. The topological polar surface area (TPSA) is 68.8 Å². The second-order valence-corrected chi connectivity index (χ2v) is 6.65. The Labute approximate surface area is 171 Å². The Bertz CT molecular complexity index is 392. The molecule has 0 spiro atoms. The summed E-state index contributed by atoms with van der Waals surface area (Å²) in [5.74, 6) is 0.864. The predicted molar refractivity (Wildman–Crippen MR) is 117 cm³/mol. The summed E-state index contributed by atoms with van der Waals surface area (Å²) in [6.45, 7) is 10.1. The number of halogens is 1. The molecule has 7 heteroatoms. The minimum atomic E-state index is 0. The monoisotopic (exact) mass is 467 g/mol. The SMILES string of the molecule is CCC(C)NC(=O)CCNC(=NC)NCCN1CCCCC1CC.I. The van der Waals surface area contributed by atoms with E-state index in [1.165, 1.54) is 32.2 Å². The largest absolute Gasteiger partial charge is 0.356 e. The lowest BCUT2D eigenvalue weighted by molar-refractivity contribution is -0.121. The first-order valence-electron chi connectivity index (χ1n) is 9.58. The fourth-order valence-corrected chi connectivity index (χ4v) is 3.10. The van der Waals surface area contributed by atoms with E-state index in [0.717, 1.165) is 31.5 Å². The van der Waals surface area contributed by atoms with Crippen LogP contribution in [0.3, 0.4) is 0 Å². The van der Waals surface area contributed by atoms with Crippen molar-refractivity contribution < 1.29 is 4.79 Å². The van der Waals surface area contributed by atoms with Crippen molar-refractivity contribution in [2.24, 2.45) is 4.99 Å². The molecule has 0 saturated carbocycles. The molecular formula is C18H38IN5O. The molecule has 0 aromatic rings. The van der Waals surface area contributed by atoms with Gasteiger partial charge < -0.3 is 16.0 Å². The molecule has 1 saturated heterocycles. The van der Waals surface area contributed by atoms with Gasteiger partial charge in [-0.25, -0.2) is 0 Å². The number of guanidine groups is 1. The van der Waals surface area contributed by atoms with Crippen molar-refractivity contribution in [3.05, 3.63) is 0 Å². The fraction of sp³-hybridized carbons (Fsp3) is 0.889. The smallest absolute Gasteiger partial charge is 0.221 e. The van der Waals surface area contributed by atoms with E-state index in [9.17, 15) is 4.79 Å². The van der Waals surface area contributed by atoms with Gasteiger partial charge in [-0.15, -0.1) is 24.0 Å². The highest BCUT2D eigenvalue weighted by atomic mass is 127. The van der Waals surface area contributed by atoms with E-state index in [-0.39, 0.29) is 35.9 Å². The molecule has 0 aliphatic carbocycles. The van der Waals surface area contributed by atoms with Crippen LogP contribution in [0.25, 0.3) is 0 Å². The van der Waals surface area contributed by atoms with Crippen molar-refractivity contribution in [1.82, 2.24) is 20.9 Å². The van der Waals surface area contributed by atoms with Gasteiger partial charge in [-0.3, -0.25) is 14.7 Å². The molecule has 1 heterocycles. The van der Waals surface area contributed by atoms with E-state index in [2.05, 4.69) is 39.7 Å². The summed E-state index contributed by atoms with van der Waals surface area (Å²) in [6.07, 6.45) is 6.67. The maximum Gasteiger partial charge on any atom is 0.221 e. The Morgan fingerprint density at radius 1 is 1.24 bits per heavy atom. The molecule has 0 aromatic heterocycles. The number of carbonyl (C=O) groups is 1. The van der Waals surface area contributed by atoms with Crippen LogP contribution in [0.4, 0.5) is 0 Å². The molecule has 0 radical (unpaired) electrons. The molecule has 1 aliphatic heterocycles. The van der Waals surface area contributed by atoms with Crippen molar-refractivity contribution in [1.29, 1.82) is 0 Å². The minimum absolute atomic E-state index is 0. The maximum atomic E-state index is 11.8. The van der Waals surface area contributed by atoms with E-state index in [0.29, 0.717) is 13.0 Å². The molecule has 25 heavy (non-hydrogen) atoms. The Hall–Kier alpha value is -0.570. The lowest BCUT2D eigenvalue weighted by Gasteiger charge is -2.35. The van der Waals surface area contributed by atoms with Crippen LogP contribution in [-0.2, 0) is 4.79 Å². The number of piperidine rings is 1. The molecule has 1 aliphatic rings. The zero-order valence-corrected chi connectivity index (χ0v) is 18.8. The van der Waals surface area contributed by atoms with Crippen LogP contribution in [0.1, 0.15) is 59.3 Å². The lowest BCUT2D eigenvalue weighted by Crippen LogP contribution is -2.46. The zero-order chi connectivity index (χ0) is 17.8. The van der Waals surface area contributed by atoms with Gasteiger partial charge >= 0.3 is 0 Å². The highest BCUT2D eigenvalue weighted by Gasteiger charge is 2.19. The normalized spacial score (nSPS) is 19.7. The highest BCUT2D eigenvalue weighted by molar-refractivity contribution is 14.0. The van der Waals surface area contributed by atoms with E-state index in [1.54, 1.807) is 7.05 Å². The van der Waals surface area contributed by atoms with Gasteiger partial charge in [0.2, 0.25) is 5.91 Å². The van der Waals surface area contributed by atoms with Crippen LogP contribution in [0.15, 0.2) is 4.99 Å². The van der Waals surface area contributed by atoms with Gasteiger partial charge in [0, 0.05) is 45.2 Å². The molecule has 0 bridgehead atoms. The third-order valence-electron chi connectivity index (χ3n) is 4.80. The van der Waals surface area contributed by atoms with Gasteiger partial charge in [-0.05, 0) is 39.2 Å². The average Bonchev–Trinajstić information content (AvgIpc) is 2.60. The summed E-state index contributed by atoms with van der Waals surface area (Å²) >= 11 is 0. The summed E-state index contributed by atoms with van der Waals surface area (Å²) in [6, 6.07) is 0.978. The number of carbonyl (C=O) groups excluding carboxylic acids is 1. The van der Waals surface area contributed by atoms with Crippen LogP contribution >= 0.6 is 24.0 Å². The molecule has 2 unspecified atom stereocenters. The first-order valence-corrected chi connectivity index (χ1v) is 9.58. The zero-order valence-electron chi connectivity index (χ0n) is 16.4.